The van der Waals surface area contributed by atoms with E-state index in [0.29, 0.717) is 29.6 Å². The molecule has 0 spiro atoms. The van der Waals surface area contributed by atoms with Gasteiger partial charge in [-0.1, -0.05) is 26.0 Å². The smallest absolute Gasteiger partial charge is 0.314 e. The van der Waals surface area contributed by atoms with Crippen molar-refractivity contribution in [3.8, 4) is 5.75 Å². The van der Waals surface area contributed by atoms with Crippen LogP contribution in [0.5, 0.6) is 5.75 Å². The molecule has 0 saturated carbocycles. The summed E-state index contributed by atoms with van der Waals surface area (Å²) in [4.78, 5) is 23.9. The van der Waals surface area contributed by atoms with Crippen molar-refractivity contribution in [1.82, 2.24) is 0 Å². The van der Waals surface area contributed by atoms with Crippen LogP contribution in [0.15, 0.2) is 48.5 Å². The maximum atomic E-state index is 12.0. The van der Waals surface area contributed by atoms with Gasteiger partial charge in [0.1, 0.15) is 5.75 Å². The fourth-order valence-electron chi connectivity index (χ4n) is 2.13. The molecule has 0 fully saturated rings. The Hall–Kier alpha value is -2.82. The fraction of sp³-hybridized carbons (Fsp3) is 0.263. The molecule has 0 bridgehead atoms. The van der Waals surface area contributed by atoms with Gasteiger partial charge in [-0.05, 0) is 54.8 Å². The van der Waals surface area contributed by atoms with Gasteiger partial charge in [-0.3, -0.25) is 9.59 Å². The van der Waals surface area contributed by atoms with Crippen molar-refractivity contribution in [2.75, 3.05) is 17.2 Å². The van der Waals surface area contributed by atoms with Crippen LogP contribution in [0.1, 0.15) is 32.3 Å². The number of hydrogen-bond donors (Lipinski definition) is 2. The zero-order chi connectivity index (χ0) is 17.5. The Balaban J connectivity index is 1.93. The first-order valence-corrected chi connectivity index (χ1v) is 7.94. The van der Waals surface area contributed by atoms with E-state index in [1.54, 1.807) is 36.4 Å². The third-order valence-corrected chi connectivity index (χ3v) is 3.46. The van der Waals surface area contributed by atoms with Gasteiger partial charge in [-0.15, -0.1) is 0 Å². The second-order valence-corrected chi connectivity index (χ2v) is 5.64. The van der Waals surface area contributed by atoms with Crippen molar-refractivity contribution in [3.63, 3.8) is 0 Å². The Morgan fingerprint density at radius 3 is 1.75 bits per heavy atom. The molecule has 126 valence electrons. The van der Waals surface area contributed by atoms with E-state index in [1.165, 1.54) is 5.56 Å². The number of nitrogens with one attached hydrogen (secondary N) is 2. The van der Waals surface area contributed by atoms with Crippen LogP contribution in [0, 0.1) is 0 Å². The summed E-state index contributed by atoms with van der Waals surface area (Å²) in [5.74, 6) is -0.295. The number of carbonyl (C=O) groups excluding carboxylic acids is 2. The Labute approximate surface area is 142 Å². The number of anilines is 2. The van der Waals surface area contributed by atoms with E-state index in [2.05, 4.69) is 24.5 Å². The first-order chi connectivity index (χ1) is 11.5. The number of hydrogen-bond acceptors (Lipinski definition) is 3. The molecule has 24 heavy (non-hydrogen) atoms. The van der Waals surface area contributed by atoms with Gasteiger partial charge in [0, 0.05) is 11.4 Å². The third kappa shape index (κ3) is 4.84. The molecular weight excluding hydrogens is 304 g/mol. The van der Waals surface area contributed by atoms with Crippen LogP contribution in [0.2, 0.25) is 0 Å². The summed E-state index contributed by atoms with van der Waals surface area (Å²) >= 11 is 0. The molecule has 0 atom stereocenters. The predicted octanol–water partition coefficient (Wildman–Crippen LogP) is 3.79. The lowest BCUT2D eigenvalue weighted by atomic mass is 10.0. The van der Waals surface area contributed by atoms with Crippen LogP contribution in [-0.4, -0.2) is 18.4 Å². The quantitative estimate of drug-likeness (QED) is 0.822. The van der Waals surface area contributed by atoms with E-state index in [9.17, 15) is 9.59 Å². The highest BCUT2D eigenvalue weighted by molar-refractivity contribution is 6.43. The van der Waals surface area contributed by atoms with Crippen molar-refractivity contribution in [2.45, 2.75) is 26.7 Å². The summed E-state index contributed by atoms with van der Waals surface area (Å²) in [6, 6.07) is 14.3. The Morgan fingerprint density at radius 1 is 0.875 bits per heavy atom. The highest BCUT2D eigenvalue weighted by Crippen LogP contribution is 2.18. The molecule has 0 radical (unpaired) electrons. The normalized spacial score (nSPS) is 10.3. The molecule has 0 unspecified atom stereocenters. The highest BCUT2D eigenvalue weighted by atomic mass is 16.5. The molecule has 0 aliphatic heterocycles. The molecule has 0 aliphatic carbocycles. The topological polar surface area (TPSA) is 67.4 Å². The second kappa shape index (κ2) is 8.15. The molecule has 0 saturated heterocycles. The van der Waals surface area contributed by atoms with Crippen LogP contribution in [0.4, 0.5) is 11.4 Å². The molecule has 5 heteroatoms. The molecule has 0 heterocycles. The fourth-order valence-corrected chi connectivity index (χ4v) is 2.13. The second-order valence-electron chi connectivity index (χ2n) is 5.64. The first-order valence-electron chi connectivity index (χ1n) is 7.94. The largest absolute Gasteiger partial charge is 0.494 e. The molecule has 5 nitrogen and oxygen atoms in total. The molecule has 2 aromatic rings. The van der Waals surface area contributed by atoms with Gasteiger partial charge in [0.2, 0.25) is 0 Å². The summed E-state index contributed by atoms with van der Waals surface area (Å²) in [6.07, 6.45) is 0. The van der Waals surface area contributed by atoms with E-state index >= 15 is 0 Å². The van der Waals surface area contributed by atoms with Gasteiger partial charge < -0.3 is 15.4 Å². The van der Waals surface area contributed by atoms with E-state index in [4.69, 9.17) is 4.74 Å². The summed E-state index contributed by atoms with van der Waals surface area (Å²) in [5.41, 5.74) is 2.30. The lowest BCUT2D eigenvalue weighted by Gasteiger charge is -2.09. The van der Waals surface area contributed by atoms with E-state index < -0.39 is 11.8 Å². The van der Waals surface area contributed by atoms with Gasteiger partial charge in [0.25, 0.3) is 0 Å². The van der Waals surface area contributed by atoms with Gasteiger partial charge in [0.05, 0.1) is 6.61 Å². The lowest BCUT2D eigenvalue weighted by molar-refractivity contribution is -0.132. The van der Waals surface area contributed by atoms with Crippen molar-refractivity contribution < 1.29 is 14.3 Å². The Kier molecular flexibility index (Phi) is 5.95. The SMILES string of the molecule is CCOc1ccc(NC(=O)C(=O)Nc2ccc(C(C)C)cc2)cc1. The molecular formula is C19H22N2O3. The summed E-state index contributed by atoms with van der Waals surface area (Å²) < 4.78 is 5.33. The van der Waals surface area contributed by atoms with E-state index in [-0.39, 0.29) is 0 Å². The minimum atomic E-state index is -0.716. The van der Waals surface area contributed by atoms with Gasteiger partial charge >= 0.3 is 11.8 Å². The van der Waals surface area contributed by atoms with Crippen molar-refractivity contribution in [2.24, 2.45) is 0 Å². The minimum Gasteiger partial charge on any atom is -0.494 e. The average molecular weight is 326 g/mol. The van der Waals surface area contributed by atoms with Crippen LogP contribution in [0.25, 0.3) is 0 Å². The van der Waals surface area contributed by atoms with Crippen LogP contribution in [-0.2, 0) is 9.59 Å². The molecule has 2 aromatic carbocycles. The highest BCUT2D eigenvalue weighted by Gasteiger charge is 2.14. The third-order valence-electron chi connectivity index (χ3n) is 3.46. The predicted molar refractivity (Wildman–Crippen MR) is 95.4 cm³/mol. The van der Waals surface area contributed by atoms with Crippen LogP contribution < -0.4 is 15.4 Å². The first kappa shape index (κ1) is 17.5. The average Bonchev–Trinajstić information content (AvgIpc) is 2.57. The van der Waals surface area contributed by atoms with Gasteiger partial charge in [-0.25, -0.2) is 0 Å². The zero-order valence-electron chi connectivity index (χ0n) is 14.1. The Morgan fingerprint density at radius 2 is 1.33 bits per heavy atom. The van der Waals surface area contributed by atoms with E-state index in [1.807, 2.05) is 19.1 Å². The van der Waals surface area contributed by atoms with Crippen molar-refractivity contribution in [1.29, 1.82) is 0 Å². The number of ether oxygens (including phenoxy) is 1. The Bertz CT molecular complexity index is 692. The molecule has 2 amide bonds. The number of amides is 2. The molecule has 0 aromatic heterocycles. The molecule has 2 rings (SSSR count). The molecule has 2 N–H and O–H groups in total. The van der Waals surface area contributed by atoms with Crippen LogP contribution >= 0.6 is 0 Å². The van der Waals surface area contributed by atoms with Crippen molar-refractivity contribution in [3.05, 3.63) is 54.1 Å². The number of carbonyl (C=O) groups is 2. The monoisotopic (exact) mass is 326 g/mol. The lowest BCUT2D eigenvalue weighted by Crippen LogP contribution is -2.29. The van der Waals surface area contributed by atoms with Crippen molar-refractivity contribution >= 4 is 23.2 Å². The van der Waals surface area contributed by atoms with Gasteiger partial charge in [0.15, 0.2) is 0 Å². The van der Waals surface area contributed by atoms with E-state index in [0.717, 1.165) is 0 Å². The summed E-state index contributed by atoms with van der Waals surface area (Å²) in [5, 5.41) is 5.14. The van der Waals surface area contributed by atoms with Gasteiger partial charge in [-0.2, -0.15) is 0 Å². The maximum absolute atomic E-state index is 12.0. The number of benzene rings is 2. The standard InChI is InChI=1S/C19H22N2O3/c1-4-24-17-11-9-16(10-12-17)21-19(23)18(22)20-15-7-5-14(6-8-15)13(2)3/h5-13H,4H2,1-3H3,(H,20,22)(H,21,23). The minimum absolute atomic E-state index is 0.415. The van der Waals surface area contributed by atoms with Crippen LogP contribution in [0.3, 0.4) is 0 Å². The maximum Gasteiger partial charge on any atom is 0.314 e. The number of rotatable bonds is 5. The zero-order valence-corrected chi connectivity index (χ0v) is 14.1. The summed E-state index contributed by atoms with van der Waals surface area (Å²) in [6.45, 7) is 6.66. The summed E-state index contributed by atoms with van der Waals surface area (Å²) in [7, 11) is 0. The molecule has 0 aliphatic rings.